The number of carbonyl (C=O) groups excluding carboxylic acids is 1. The van der Waals surface area contributed by atoms with Crippen LogP contribution in [0.5, 0.6) is 0 Å². The summed E-state index contributed by atoms with van der Waals surface area (Å²) in [5.41, 5.74) is 1.07. The number of rotatable bonds is 11. The smallest absolute Gasteiger partial charge is 0.275 e. The molecular weight excluding hydrogens is 354 g/mol. The summed E-state index contributed by atoms with van der Waals surface area (Å²) >= 11 is 6.42. The third kappa shape index (κ3) is 6.25. The highest BCUT2D eigenvalue weighted by molar-refractivity contribution is 6.34. The molecule has 1 amide bonds. The Morgan fingerprint density at radius 1 is 1.31 bits per heavy atom. The van der Waals surface area contributed by atoms with Crippen molar-refractivity contribution in [2.75, 3.05) is 26.3 Å². The maximum absolute atomic E-state index is 12.8. The summed E-state index contributed by atoms with van der Waals surface area (Å²) in [7, 11) is 0. The van der Waals surface area contributed by atoms with Crippen LogP contribution in [0.15, 0.2) is 0 Å². The normalized spacial score (nSPS) is 17.4. The van der Waals surface area contributed by atoms with Crippen LogP contribution in [0.3, 0.4) is 0 Å². The van der Waals surface area contributed by atoms with Crippen LogP contribution < -0.4 is 0 Å². The number of H-pyrrole nitrogens is 1. The fourth-order valence-electron chi connectivity index (χ4n) is 2.97. The van der Waals surface area contributed by atoms with Gasteiger partial charge in [0, 0.05) is 26.1 Å². The predicted octanol–water partition coefficient (Wildman–Crippen LogP) is 4.19. The summed E-state index contributed by atoms with van der Waals surface area (Å²) in [5, 5.41) is 7.51. The number of amides is 1. The molecule has 1 fully saturated rings. The van der Waals surface area contributed by atoms with Gasteiger partial charge in [-0.1, -0.05) is 38.3 Å². The largest absolute Gasteiger partial charge is 0.353 e. The molecule has 0 bridgehead atoms. The first kappa shape index (κ1) is 21.2. The van der Waals surface area contributed by atoms with Crippen molar-refractivity contribution in [3.05, 3.63) is 16.4 Å². The van der Waals surface area contributed by atoms with E-state index >= 15 is 0 Å². The maximum Gasteiger partial charge on any atom is 0.275 e. The van der Waals surface area contributed by atoms with Gasteiger partial charge in [0.2, 0.25) is 0 Å². The molecule has 2 rings (SSSR count). The van der Waals surface area contributed by atoms with E-state index in [9.17, 15) is 4.79 Å². The van der Waals surface area contributed by atoms with Crippen LogP contribution in [-0.4, -0.2) is 53.6 Å². The summed E-state index contributed by atoms with van der Waals surface area (Å²) < 4.78 is 11.3. The minimum Gasteiger partial charge on any atom is -0.353 e. The lowest BCUT2D eigenvalue weighted by Crippen LogP contribution is -2.33. The molecule has 148 valence electrons. The van der Waals surface area contributed by atoms with Crippen LogP contribution in [0.1, 0.15) is 75.0 Å². The van der Waals surface area contributed by atoms with E-state index < -0.39 is 0 Å². The Balaban J connectivity index is 1.90. The highest BCUT2D eigenvalue weighted by atomic mass is 35.5. The van der Waals surface area contributed by atoms with Gasteiger partial charge >= 0.3 is 0 Å². The zero-order valence-corrected chi connectivity index (χ0v) is 16.8. The van der Waals surface area contributed by atoms with Gasteiger partial charge in [0.1, 0.15) is 0 Å². The topological polar surface area (TPSA) is 67.5 Å². The Bertz CT molecular complexity index is 536. The van der Waals surface area contributed by atoms with Crippen molar-refractivity contribution in [1.29, 1.82) is 0 Å². The first-order valence-electron chi connectivity index (χ1n) is 9.92. The van der Waals surface area contributed by atoms with Gasteiger partial charge in [-0.05, 0) is 32.1 Å². The van der Waals surface area contributed by atoms with E-state index in [1.165, 1.54) is 0 Å². The van der Waals surface area contributed by atoms with Gasteiger partial charge in [-0.2, -0.15) is 5.10 Å². The molecule has 0 spiro atoms. The first-order valence-corrected chi connectivity index (χ1v) is 10.3. The van der Waals surface area contributed by atoms with Crippen molar-refractivity contribution < 1.29 is 14.3 Å². The number of hydrogen-bond acceptors (Lipinski definition) is 4. The van der Waals surface area contributed by atoms with Gasteiger partial charge < -0.3 is 14.4 Å². The Labute approximate surface area is 161 Å². The number of nitrogens with one attached hydrogen (secondary N) is 1. The molecule has 1 aromatic rings. The van der Waals surface area contributed by atoms with Crippen molar-refractivity contribution in [2.24, 2.45) is 0 Å². The van der Waals surface area contributed by atoms with Gasteiger partial charge in [-0.25, -0.2) is 0 Å². The van der Waals surface area contributed by atoms with Crippen LogP contribution in [0, 0.1) is 0 Å². The van der Waals surface area contributed by atoms with Crippen LogP contribution in [-0.2, 0) is 15.9 Å². The molecule has 1 aliphatic heterocycles. The van der Waals surface area contributed by atoms with Crippen molar-refractivity contribution in [1.82, 2.24) is 15.1 Å². The molecule has 1 N–H and O–H groups in total. The Morgan fingerprint density at radius 3 is 2.65 bits per heavy atom. The van der Waals surface area contributed by atoms with Crippen LogP contribution in [0.2, 0.25) is 5.02 Å². The van der Waals surface area contributed by atoms with E-state index in [-0.39, 0.29) is 12.2 Å². The number of aromatic nitrogens is 2. The minimum absolute atomic E-state index is 0.0871. The number of nitrogens with zero attached hydrogens (tertiary/aromatic N) is 2. The van der Waals surface area contributed by atoms with Crippen LogP contribution in [0.4, 0.5) is 0 Å². The summed E-state index contributed by atoms with van der Waals surface area (Å²) in [5.74, 6) is -0.0871. The number of unbranched alkanes of at least 4 members (excludes halogenated alkanes) is 2. The average molecular weight is 386 g/mol. The molecule has 6 nitrogen and oxygen atoms in total. The quantitative estimate of drug-likeness (QED) is 0.620. The lowest BCUT2D eigenvalue weighted by molar-refractivity contribution is -0.161. The summed E-state index contributed by atoms with van der Waals surface area (Å²) in [6, 6.07) is 0. The van der Waals surface area contributed by atoms with Gasteiger partial charge in [-0.15, -0.1) is 0 Å². The first-order chi connectivity index (χ1) is 12.7. The zero-order valence-electron chi connectivity index (χ0n) is 16.1. The minimum atomic E-state index is -0.120. The number of ether oxygens (including phenoxy) is 2. The molecule has 1 aromatic heterocycles. The average Bonchev–Trinajstić information content (AvgIpc) is 3.03. The fraction of sp³-hybridized carbons (Fsp3) is 0.789. The lowest BCUT2D eigenvalue weighted by Gasteiger charge is -2.22. The van der Waals surface area contributed by atoms with Crippen molar-refractivity contribution in [3.63, 3.8) is 0 Å². The van der Waals surface area contributed by atoms with Gasteiger partial charge in [0.25, 0.3) is 5.91 Å². The third-order valence-electron chi connectivity index (χ3n) is 4.62. The van der Waals surface area contributed by atoms with Gasteiger partial charge in [-0.3, -0.25) is 9.89 Å². The molecule has 1 unspecified atom stereocenters. The second-order valence-electron chi connectivity index (χ2n) is 6.78. The number of aromatic amines is 1. The van der Waals surface area contributed by atoms with Crippen molar-refractivity contribution >= 4 is 17.5 Å². The van der Waals surface area contributed by atoms with Crippen LogP contribution in [0.25, 0.3) is 0 Å². The van der Waals surface area contributed by atoms with Gasteiger partial charge in [0.05, 0.1) is 17.3 Å². The monoisotopic (exact) mass is 385 g/mol. The molecular formula is C19H32ClN3O3. The van der Waals surface area contributed by atoms with Gasteiger partial charge in [0.15, 0.2) is 12.0 Å². The lowest BCUT2D eigenvalue weighted by atomic mass is 10.2. The Kier molecular flexibility index (Phi) is 9.43. The summed E-state index contributed by atoms with van der Waals surface area (Å²) in [6.45, 7) is 7.00. The number of hydrogen-bond donors (Lipinski definition) is 1. The van der Waals surface area contributed by atoms with E-state index in [4.69, 9.17) is 21.1 Å². The SMILES string of the molecule is CCCCN(CCCC)C(=O)c1n[nH]c(CCOC2CCCCO2)c1Cl. The molecule has 7 heteroatoms. The van der Waals surface area contributed by atoms with E-state index in [2.05, 4.69) is 24.0 Å². The molecule has 0 saturated carbocycles. The molecule has 0 aromatic carbocycles. The number of halogens is 1. The highest BCUT2D eigenvalue weighted by Gasteiger charge is 2.23. The van der Waals surface area contributed by atoms with E-state index in [1.807, 2.05) is 4.90 Å². The van der Waals surface area contributed by atoms with Crippen molar-refractivity contribution in [3.8, 4) is 0 Å². The molecule has 1 saturated heterocycles. The van der Waals surface area contributed by atoms with Crippen molar-refractivity contribution in [2.45, 2.75) is 71.5 Å². The zero-order chi connectivity index (χ0) is 18.8. The molecule has 0 aliphatic carbocycles. The second-order valence-corrected chi connectivity index (χ2v) is 7.16. The molecule has 2 heterocycles. The van der Waals surface area contributed by atoms with E-state index in [1.54, 1.807) is 0 Å². The van der Waals surface area contributed by atoms with Crippen LogP contribution >= 0.6 is 11.6 Å². The molecule has 1 atom stereocenters. The predicted molar refractivity (Wildman–Crippen MR) is 103 cm³/mol. The Hall–Kier alpha value is -1.11. The molecule has 1 aliphatic rings. The fourth-order valence-corrected chi connectivity index (χ4v) is 3.23. The second kappa shape index (κ2) is 11.6. The standard InChI is InChI=1S/C19H32ClN3O3/c1-3-5-11-23(12-6-4-2)19(24)18-17(20)15(21-22-18)10-14-26-16-9-7-8-13-25-16/h16H,3-14H2,1-2H3,(H,21,22). The maximum atomic E-state index is 12.8. The number of carbonyl (C=O) groups is 1. The van der Waals surface area contributed by atoms with E-state index in [0.717, 1.165) is 70.3 Å². The van der Waals surface area contributed by atoms with E-state index in [0.29, 0.717) is 23.7 Å². The molecule has 26 heavy (non-hydrogen) atoms. The third-order valence-corrected chi connectivity index (χ3v) is 5.03. The summed E-state index contributed by atoms with van der Waals surface area (Å²) in [4.78, 5) is 14.7. The highest BCUT2D eigenvalue weighted by Crippen LogP contribution is 2.22. The Morgan fingerprint density at radius 2 is 2.04 bits per heavy atom. The molecule has 0 radical (unpaired) electrons. The summed E-state index contributed by atoms with van der Waals surface area (Å²) in [6.07, 6.45) is 7.72.